The maximum Gasteiger partial charge on any atom is 0.231 e. The molecule has 0 bridgehead atoms. The molecule has 118 valence electrons. The number of rotatable bonds is 2. The number of nitrogens with zero attached hydrogens (tertiary/aromatic N) is 2. The van der Waals surface area contributed by atoms with Crippen LogP contribution in [0.3, 0.4) is 0 Å². The van der Waals surface area contributed by atoms with E-state index in [1.807, 2.05) is 26.8 Å². The molecule has 1 heterocycles. The Morgan fingerprint density at radius 2 is 2.00 bits per heavy atom. The van der Waals surface area contributed by atoms with Crippen LogP contribution in [-0.2, 0) is 11.2 Å². The van der Waals surface area contributed by atoms with Crippen LogP contribution >= 0.6 is 9.90 Å². The molecule has 1 aromatic rings. The molecule has 0 aromatic heterocycles. The largest absolute Gasteiger partial charge is 0.369 e. The topological polar surface area (TPSA) is 58.7 Å². The number of hydrogen-bond acceptors (Lipinski definition) is 3. The van der Waals surface area contributed by atoms with Crippen LogP contribution in [0.4, 0.5) is 0 Å². The molecule has 1 aliphatic rings. The van der Waals surface area contributed by atoms with Crippen molar-refractivity contribution >= 4 is 21.8 Å². The Morgan fingerprint density at radius 1 is 1.38 bits per heavy atom. The number of guanidine groups is 1. The average Bonchev–Trinajstić information content (AvgIpc) is 2.38. The second kappa shape index (κ2) is 8.14. The molecule has 1 aliphatic heterocycles. The summed E-state index contributed by atoms with van der Waals surface area (Å²) >= 11 is 0. The van der Waals surface area contributed by atoms with Crippen molar-refractivity contribution in [3.05, 3.63) is 35.4 Å². The Kier molecular flexibility index (Phi) is 7.59. The molecule has 0 fully saturated rings. The second-order valence-corrected chi connectivity index (χ2v) is 5.26. The van der Waals surface area contributed by atoms with Gasteiger partial charge in [-0.25, -0.2) is 4.99 Å². The summed E-state index contributed by atoms with van der Waals surface area (Å²) < 4.78 is 0. The van der Waals surface area contributed by atoms with E-state index in [1.54, 1.807) is 7.05 Å². The fourth-order valence-electron chi connectivity index (χ4n) is 2.33. The smallest absolute Gasteiger partial charge is 0.231 e. The summed E-state index contributed by atoms with van der Waals surface area (Å²) in [6, 6.07) is 8.27. The molecule has 0 saturated carbocycles. The van der Waals surface area contributed by atoms with Gasteiger partial charge in [-0.3, -0.25) is 9.69 Å². The summed E-state index contributed by atoms with van der Waals surface area (Å²) in [5.74, 6) is 0.332. The number of aryl methyl sites for hydroxylation is 1. The highest BCUT2D eigenvalue weighted by Crippen LogP contribution is 2.26. The lowest BCUT2D eigenvalue weighted by molar-refractivity contribution is -0.128. The van der Waals surface area contributed by atoms with E-state index in [0.717, 1.165) is 6.42 Å². The highest BCUT2D eigenvalue weighted by atomic mass is 31.0. The van der Waals surface area contributed by atoms with E-state index in [-0.39, 0.29) is 15.8 Å². The van der Waals surface area contributed by atoms with E-state index in [2.05, 4.69) is 30.1 Å². The highest BCUT2D eigenvalue weighted by Gasteiger charge is 2.34. The van der Waals surface area contributed by atoms with E-state index in [9.17, 15) is 4.79 Å². The molecular formula is C16H28N3OP. The number of nitrogens with two attached hydrogens (primary N) is 1. The standard InChI is InChI=1S/C14H19N3O.C2H6.H3P/c1-10-5-4-6-11(7-10)8-14(2)9-12(18)17(3)13(15)16-14;1-2;/h4-7H,8-9H2,1-3H3,(H2,15,16);1-2H3;1H3. The molecule has 2 unspecified atom stereocenters. The quantitative estimate of drug-likeness (QED) is 0.854. The lowest BCUT2D eigenvalue weighted by Crippen LogP contribution is -2.49. The number of benzene rings is 1. The van der Waals surface area contributed by atoms with Gasteiger partial charge < -0.3 is 5.73 Å². The first-order valence-corrected chi connectivity index (χ1v) is 7.07. The zero-order valence-electron chi connectivity index (χ0n) is 13.8. The summed E-state index contributed by atoms with van der Waals surface area (Å²) in [6.45, 7) is 8.04. The van der Waals surface area contributed by atoms with Crippen molar-refractivity contribution in [2.75, 3.05) is 7.05 Å². The van der Waals surface area contributed by atoms with Crippen molar-refractivity contribution in [1.29, 1.82) is 0 Å². The van der Waals surface area contributed by atoms with E-state index in [1.165, 1.54) is 16.0 Å². The van der Waals surface area contributed by atoms with Gasteiger partial charge in [0.25, 0.3) is 0 Å². The first-order valence-electron chi connectivity index (χ1n) is 7.07. The molecule has 0 radical (unpaired) electrons. The van der Waals surface area contributed by atoms with E-state index >= 15 is 0 Å². The van der Waals surface area contributed by atoms with E-state index in [4.69, 9.17) is 5.73 Å². The van der Waals surface area contributed by atoms with Gasteiger partial charge in [0, 0.05) is 7.05 Å². The Labute approximate surface area is 131 Å². The molecular weight excluding hydrogens is 281 g/mol. The Balaban J connectivity index is 0.00000128. The average molecular weight is 309 g/mol. The summed E-state index contributed by atoms with van der Waals surface area (Å²) in [4.78, 5) is 17.7. The third-order valence-electron chi connectivity index (χ3n) is 3.30. The fraction of sp³-hybridized carbons (Fsp3) is 0.500. The molecule has 1 aromatic carbocycles. The fourth-order valence-corrected chi connectivity index (χ4v) is 2.33. The van der Waals surface area contributed by atoms with Crippen LogP contribution in [-0.4, -0.2) is 29.4 Å². The van der Waals surface area contributed by atoms with Crippen LogP contribution in [0.25, 0.3) is 0 Å². The van der Waals surface area contributed by atoms with Crippen LogP contribution < -0.4 is 5.73 Å². The van der Waals surface area contributed by atoms with E-state index < -0.39 is 5.54 Å². The van der Waals surface area contributed by atoms with Gasteiger partial charge in [-0.15, -0.1) is 0 Å². The van der Waals surface area contributed by atoms with Crippen LogP contribution in [0.15, 0.2) is 29.3 Å². The predicted octanol–water partition coefficient (Wildman–Crippen LogP) is 2.56. The van der Waals surface area contributed by atoms with Gasteiger partial charge in [0.05, 0.1) is 12.0 Å². The van der Waals surface area contributed by atoms with Gasteiger partial charge in [-0.1, -0.05) is 43.7 Å². The molecule has 1 amide bonds. The lowest BCUT2D eigenvalue weighted by Gasteiger charge is -2.33. The van der Waals surface area contributed by atoms with Crippen molar-refractivity contribution < 1.29 is 4.79 Å². The summed E-state index contributed by atoms with van der Waals surface area (Å²) in [7, 11) is 1.66. The van der Waals surface area contributed by atoms with Crippen LogP contribution in [0.5, 0.6) is 0 Å². The van der Waals surface area contributed by atoms with Gasteiger partial charge in [0.1, 0.15) is 0 Å². The summed E-state index contributed by atoms with van der Waals surface area (Å²) in [6.07, 6.45) is 1.13. The minimum atomic E-state index is -0.429. The lowest BCUT2D eigenvalue weighted by atomic mass is 9.88. The second-order valence-electron chi connectivity index (χ2n) is 5.26. The minimum Gasteiger partial charge on any atom is -0.369 e. The molecule has 21 heavy (non-hydrogen) atoms. The molecule has 4 nitrogen and oxygen atoms in total. The normalized spacial score (nSPS) is 20.9. The zero-order valence-corrected chi connectivity index (χ0v) is 15.2. The number of carbonyl (C=O) groups is 1. The first-order chi connectivity index (χ1) is 9.39. The molecule has 0 aliphatic carbocycles. The molecule has 2 atom stereocenters. The van der Waals surface area contributed by atoms with Crippen LogP contribution in [0.2, 0.25) is 0 Å². The Bertz CT molecular complexity index is 516. The molecule has 0 saturated heterocycles. The van der Waals surface area contributed by atoms with Gasteiger partial charge in [-0.2, -0.15) is 9.90 Å². The Morgan fingerprint density at radius 3 is 2.52 bits per heavy atom. The van der Waals surface area contributed by atoms with Crippen molar-refractivity contribution in [2.45, 2.75) is 46.1 Å². The minimum absolute atomic E-state index is 0. The predicted molar refractivity (Wildman–Crippen MR) is 94.8 cm³/mol. The summed E-state index contributed by atoms with van der Waals surface area (Å²) in [5, 5.41) is 0. The third-order valence-corrected chi connectivity index (χ3v) is 3.30. The van der Waals surface area contributed by atoms with Gasteiger partial charge in [0.15, 0.2) is 5.96 Å². The number of hydrogen-bond donors (Lipinski definition) is 1. The van der Waals surface area contributed by atoms with Crippen molar-refractivity contribution in [3.8, 4) is 0 Å². The SMILES string of the molecule is CC.Cc1cccc(CC2(C)CC(=O)N(C)C(N)=N2)c1.P. The van der Waals surface area contributed by atoms with Gasteiger partial charge >= 0.3 is 0 Å². The maximum absolute atomic E-state index is 11.8. The van der Waals surface area contributed by atoms with Crippen molar-refractivity contribution in [1.82, 2.24) is 4.90 Å². The van der Waals surface area contributed by atoms with Gasteiger partial charge in [-0.05, 0) is 25.8 Å². The number of amides is 1. The van der Waals surface area contributed by atoms with Crippen molar-refractivity contribution in [2.24, 2.45) is 10.7 Å². The van der Waals surface area contributed by atoms with Crippen molar-refractivity contribution in [3.63, 3.8) is 0 Å². The zero-order chi connectivity index (χ0) is 15.3. The monoisotopic (exact) mass is 309 g/mol. The third kappa shape index (κ3) is 5.13. The molecule has 0 spiro atoms. The number of aliphatic imine (C=N–C) groups is 1. The Hall–Kier alpha value is -1.41. The van der Waals surface area contributed by atoms with Crippen LogP contribution in [0, 0.1) is 6.92 Å². The van der Waals surface area contributed by atoms with Gasteiger partial charge in [0.2, 0.25) is 5.91 Å². The van der Waals surface area contributed by atoms with E-state index in [0.29, 0.717) is 12.4 Å². The van der Waals surface area contributed by atoms with Crippen LogP contribution in [0.1, 0.15) is 38.3 Å². The number of carbonyl (C=O) groups excluding carboxylic acids is 1. The highest BCUT2D eigenvalue weighted by molar-refractivity contribution is 6.92. The molecule has 5 heteroatoms. The summed E-state index contributed by atoms with van der Waals surface area (Å²) in [5.41, 5.74) is 7.76. The molecule has 2 rings (SSSR count). The maximum atomic E-state index is 11.8. The first kappa shape index (κ1) is 19.6. The molecule has 2 N–H and O–H groups in total.